The van der Waals surface area contributed by atoms with E-state index in [0.29, 0.717) is 0 Å². The van der Waals surface area contributed by atoms with E-state index in [0.717, 1.165) is 0 Å². The molecule has 0 saturated carbocycles. The summed E-state index contributed by atoms with van der Waals surface area (Å²) in [5.41, 5.74) is 0. The molecule has 19 nitrogen and oxygen atoms in total. The molecule has 2 atom stereocenters. The Bertz CT molecular complexity index is 607. The average molecular weight is 474 g/mol. The molecule has 0 fully saturated rings. The van der Waals surface area contributed by atoms with Gasteiger partial charge >= 0.3 is 12.2 Å². The lowest BCUT2D eigenvalue weighted by Gasteiger charge is -2.20. The fourth-order valence-corrected chi connectivity index (χ4v) is 1.66. The molecular formula is C13H26N6O13. The van der Waals surface area contributed by atoms with Crippen molar-refractivity contribution in [2.45, 2.75) is 12.3 Å². The van der Waals surface area contributed by atoms with Crippen molar-refractivity contribution >= 4 is 29.9 Å². The minimum absolute atomic E-state index is 0. The predicted molar refractivity (Wildman–Crippen MR) is 97.1 cm³/mol. The van der Waals surface area contributed by atoms with Gasteiger partial charge in [-0.05, 0) is 0 Å². The average Bonchev–Trinajstić information content (AvgIpc) is 2.71. The number of aliphatic hydroxyl groups excluding tert-OH is 4. The lowest BCUT2D eigenvalue weighted by molar-refractivity contribution is -0.131. The summed E-state index contributed by atoms with van der Waals surface area (Å²) in [4.78, 5) is 58.5. The highest BCUT2D eigenvalue weighted by Gasteiger charge is 2.25. The number of ether oxygens (including phenoxy) is 3. The van der Waals surface area contributed by atoms with Crippen molar-refractivity contribution in [3.05, 3.63) is 0 Å². The first-order valence-corrected chi connectivity index (χ1v) is 8.24. The predicted octanol–water partition coefficient (Wildman–Crippen LogP) is -7.02. The molecule has 0 spiro atoms. The lowest BCUT2D eigenvalue weighted by Crippen LogP contribution is -2.60. The molecule has 12 N–H and O–H groups in total. The van der Waals surface area contributed by atoms with Crippen molar-refractivity contribution in [3.63, 3.8) is 0 Å². The van der Waals surface area contributed by atoms with Crippen LogP contribution in [0, 0.1) is 0 Å². The van der Waals surface area contributed by atoms with E-state index in [1.54, 1.807) is 0 Å². The van der Waals surface area contributed by atoms with Gasteiger partial charge in [-0.1, -0.05) is 0 Å². The number of amides is 5. The Balaban J connectivity index is 0. The number of rotatable bonds is 14. The third-order valence-corrected chi connectivity index (χ3v) is 2.90. The Morgan fingerprint density at radius 1 is 0.719 bits per heavy atom. The zero-order valence-electron chi connectivity index (χ0n) is 16.5. The van der Waals surface area contributed by atoms with Gasteiger partial charge in [0.25, 0.3) is 11.8 Å². The van der Waals surface area contributed by atoms with Crippen molar-refractivity contribution in [1.82, 2.24) is 31.9 Å². The van der Waals surface area contributed by atoms with Crippen LogP contribution in [-0.2, 0) is 28.6 Å². The number of hydrogen-bond acceptors (Lipinski definition) is 13. The zero-order chi connectivity index (χ0) is 23.6. The smallest absolute Gasteiger partial charge is 0.411 e. The minimum Gasteiger partial charge on any atom is -0.423 e. The first-order valence-electron chi connectivity index (χ1n) is 8.24. The summed E-state index contributed by atoms with van der Waals surface area (Å²) in [6, 6.07) is 0. The summed E-state index contributed by atoms with van der Waals surface area (Å²) in [7, 11) is 0. The minimum atomic E-state index is -1.74. The topological polar surface area (TPSA) is 298 Å². The van der Waals surface area contributed by atoms with Crippen molar-refractivity contribution < 1.29 is 64.1 Å². The quantitative estimate of drug-likeness (QED) is 0.0827. The molecule has 0 rings (SSSR count). The third-order valence-electron chi connectivity index (χ3n) is 2.90. The van der Waals surface area contributed by atoms with Gasteiger partial charge in [-0.15, -0.1) is 0 Å². The molecule has 0 heterocycles. The van der Waals surface area contributed by atoms with Gasteiger partial charge in [-0.25, -0.2) is 9.59 Å². The number of alkyl carbamates (subject to hydrolysis) is 2. The second-order valence-electron chi connectivity index (χ2n) is 4.94. The molecule has 0 aromatic heterocycles. The molecule has 0 aliphatic heterocycles. The van der Waals surface area contributed by atoms with E-state index in [2.05, 4.69) is 24.8 Å². The molecule has 19 heteroatoms. The fraction of sp³-hybridized carbons (Fsp3) is 0.615. The monoisotopic (exact) mass is 474 g/mol. The summed E-state index contributed by atoms with van der Waals surface area (Å²) >= 11 is 0. The van der Waals surface area contributed by atoms with Gasteiger partial charge in [0, 0.05) is 0 Å². The molecule has 0 saturated heterocycles. The van der Waals surface area contributed by atoms with Crippen molar-refractivity contribution in [2.75, 3.05) is 40.4 Å². The molecule has 0 bridgehead atoms. The maximum atomic E-state index is 12.1. The Hall–Kier alpha value is -3.33. The van der Waals surface area contributed by atoms with E-state index in [1.165, 1.54) is 0 Å². The summed E-state index contributed by atoms with van der Waals surface area (Å²) in [6.07, 6.45) is -5.73. The highest BCUT2D eigenvalue weighted by Crippen LogP contribution is 1.87. The highest BCUT2D eigenvalue weighted by atomic mass is 16.6. The molecular weight excluding hydrogens is 448 g/mol. The van der Waals surface area contributed by atoms with Gasteiger partial charge in [-0.2, -0.15) is 0 Å². The number of nitrogens with one attached hydrogen (secondary N) is 6. The second kappa shape index (κ2) is 18.4. The molecule has 186 valence electrons. The van der Waals surface area contributed by atoms with Crippen LogP contribution in [0.25, 0.3) is 0 Å². The fourth-order valence-electron chi connectivity index (χ4n) is 1.66. The SMILES string of the molecule is O.O=C(CNC(=O)C(NCOCO)NC(=O)OCO)NC(NC(=O)OCO)C(=O)NCO. The van der Waals surface area contributed by atoms with E-state index >= 15 is 0 Å². The van der Waals surface area contributed by atoms with Gasteiger partial charge in [0.15, 0.2) is 25.9 Å². The number of hydrogen-bond donors (Lipinski definition) is 10. The van der Waals surface area contributed by atoms with Crippen molar-refractivity contribution in [1.29, 1.82) is 0 Å². The normalized spacial score (nSPS) is 11.6. The largest absolute Gasteiger partial charge is 0.423 e. The van der Waals surface area contributed by atoms with Gasteiger partial charge in [-0.3, -0.25) is 30.3 Å². The van der Waals surface area contributed by atoms with E-state index in [1.807, 2.05) is 21.3 Å². The summed E-state index contributed by atoms with van der Waals surface area (Å²) in [5.74, 6) is -3.04. The van der Waals surface area contributed by atoms with Gasteiger partial charge in [0.2, 0.25) is 5.91 Å². The van der Waals surface area contributed by atoms with Crippen LogP contribution in [0.1, 0.15) is 0 Å². The lowest BCUT2D eigenvalue weighted by atomic mass is 10.4. The zero-order valence-corrected chi connectivity index (χ0v) is 16.5. The molecule has 32 heavy (non-hydrogen) atoms. The van der Waals surface area contributed by atoms with E-state index in [4.69, 9.17) is 20.4 Å². The Kier molecular flexibility index (Phi) is 17.8. The first-order chi connectivity index (χ1) is 14.8. The summed E-state index contributed by atoms with van der Waals surface area (Å²) in [6.45, 7) is -4.66. The van der Waals surface area contributed by atoms with E-state index in [9.17, 15) is 24.0 Å². The maximum Gasteiger partial charge on any atom is 0.411 e. The van der Waals surface area contributed by atoms with Crippen molar-refractivity contribution in [3.8, 4) is 0 Å². The van der Waals surface area contributed by atoms with Crippen LogP contribution in [0.5, 0.6) is 0 Å². The van der Waals surface area contributed by atoms with Crippen LogP contribution in [0.15, 0.2) is 0 Å². The molecule has 0 aromatic rings. The van der Waals surface area contributed by atoms with Gasteiger partial charge in [0.1, 0.15) is 20.3 Å². The Labute approximate surface area is 179 Å². The molecule has 0 radical (unpaired) electrons. The standard InChI is InChI=1S/C13H24N6O12.H2O/c20-2-15-11(26)9(19-13(28)31-6-23)17-7(24)1-14-10(25)8(16-3-29-4-21)18-12(27)30-5-22;/h8-9,16,20-23H,1-6H2,(H,14,25)(H,15,26)(H,17,24)(H,18,27)(H,19,28);1H2. The highest BCUT2D eigenvalue weighted by molar-refractivity contribution is 5.92. The van der Waals surface area contributed by atoms with E-state index in [-0.39, 0.29) is 5.48 Å². The van der Waals surface area contributed by atoms with Crippen LogP contribution in [0.3, 0.4) is 0 Å². The number of aliphatic hydroxyl groups is 4. The Morgan fingerprint density at radius 3 is 1.75 bits per heavy atom. The summed E-state index contributed by atoms with van der Waals surface area (Å²) < 4.78 is 12.9. The van der Waals surface area contributed by atoms with Crippen LogP contribution >= 0.6 is 0 Å². The third kappa shape index (κ3) is 13.8. The van der Waals surface area contributed by atoms with Crippen LogP contribution in [-0.4, -0.2) is 109 Å². The molecule has 0 aliphatic rings. The summed E-state index contributed by atoms with van der Waals surface area (Å²) in [5, 5.41) is 46.5. The van der Waals surface area contributed by atoms with Crippen LogP contribution < -0.4 is 31.9 Å². The number of carbonyl (C=O) groups excluding carboxylic acids is 5. The Morgan fingerprint density at radius 2 is 1.25 bits per heavy atom. The second-order valence-corrected chi connectivity index (χ2v) is 4.94. The van der Waals surface area contributed by atoms with Gasteiger partial charge in [0.05, 0.1) is 6.54 Å². The van der Waals surface area contributed by atoms with Crippen LogP contribution in [0.2, 0.25) is 0 Å². The van der Waals surface area contributed by atoms with Gasteiger partial charge < -0.3 is 56.1 Å². The van der Waals surface area contributed by atoms with Crippen molar-refractivity contribution in [2.24, 2.45) is 0 Å². The maximum absolute atomic E-state index is 12.1. The molecule has 5 amide bonds. The first kappa shape index (κ1) is 30.9. The number of carbonyl (C=O) groups is 5. The molecule has 0 aromatic carbocycles. The van der Waals surface area contributed by atoms with Crippen LogP contribution in [0.4, 0.5) is 9.59 Å². The molecule has 2 unspecified atom stereocenters. The van der Waals surface area contributed by atoms with E-state index < -0.39 is 82.6 Å². The molecule has 0 aliphatic carbocycles.